The van der Waals surface area contributed by atoms with Crippen molar-refractivity contribution in [1.82, 2.24) is 9.97 Å². The minimum Gasteiger partial charge on any atom is -0.247 e. The van der Waals surface area contributed by atoms with Crippen LogP contribution in [0.15, 0.2) is 47.6 Å². The highest BCUT2D eigenvalue weighted by Crippen LogP contribution is 2.15. The van der Waals surface area contributed by atoms with Crippen molar-refractivity contribution in [2.45, 2.75) is 25.2 Å². The summed E-state index contributed by atoms with van der Waals surface area (Å²) in [5, 5.41) is 0. The van der Waals surface area contributed by atoms with Crippen molar-refractivity contribution in [2.24, 2.45) is 5.92 Å². The molecule has 0 aliphatic carbocycles. The van der Waals surface area contributed by atoms with E-state index in [2.05, 4.69) is 28.5 Å². The largest absolute Gasteiger partial charge is 0.264 e. The Balaban J connectivity index is 2.17. The maximum Gasteiger partial charge on any atom is 0.264 e. The number of benzene rings is 1. The maximum absolute atomic E-state index is 12.1. The van der Waals surface area contributed by atoms with E-state index in [1.54, 1.807) is 18.2 Å². The Morgan fingerprint density at radius 2 is 1.70 bits per heavy atom. The first-order valence-corrected chi connectivity index (χ1v) is 7.84. The lowest BCUT2D eigenvalue weighted by atomic mass is 10.0. The van der Waals surface area contributed by atoms with Gasteiger partial charge in [-0.2, -0.15) is 0 Å². The van der Waals surface area contributed by atoms with Gasteiger partial charge in [0.1, 0.15) is 0 Å². The van der Waals surface area contributed by atoms with E-state index in [1.807, 2.05) is 12.1 Å². The zero-order valence-electron chi connectivity index (χ0n) is 11.4. The average Bonchev–Trinajstić information content (AvgIpc) is 2.39. The molecule has 0 atom stereocenters. The smallest absolute Gasteiger partial charge is 0.247 e. The van der Waals surface area contributed by atoms with E-state index >= 15 is 0 Å². The van der Waals surface area contributed by atoms with E-state index in [0.29, 0.717) is 5.92 Å². The molecule has 2 aromatic rings. The van der Waals surface area contributed by atoms with Gasteiger partial charge in [-0.15, -0.1) is 0 Å². The molecule has 0 radical (unpaired) electrons. The molecule has 0 fully saturated rings. The molecule has 1 aromatic carbocycles. The Labute approximate surface area is 119 Å². The number of sulfonamides is 1. The fraction of sp³-hybridized carbons (Fsp3) is 0.286. The van der Waals surface area contributed by atoms with Crippen LogP contribution in [0.2, 0.25) is 0 Å². The van der Waals surface area contributed by atoms with Crippen LogP contribution in [-0.4, -0.2) is 18.4 Å². The van der Waals surface area contributed by atoms with Crippen molar-refractivity contribution in [3.8, 4) is 0 Å². The molecular weight excluding hydrogens is 274 g/mol. The van der Waals surface area contributed by atoms with Crippen molar-refractivity contribution >= 4 is 16.0 Å². The predicted octanol–water partition coefficient (Wildman–Crippen LogP) is 2.48. The van der Waals surface area contributed by atoms with Gasteiger partial charge in [-0.25, -0.2) is 23.1 Å². The first kappa shape index (κ1) is 14.5. The third-order valence-corrected chi connectivity index (χ3v) is 4.01. The molecule has 2 rings (SSSR count). The Bertz CT molecular complexity index is 653. The molecule has 0 saturated carbocycles. The lowest BCUT2D eigenvalue weighted by Gasteiger charge is -2.08. The molecule has 5 nitrogen and oxygen atoms in total. The fourth-order valence-electron chi connectivity index (χ4n) is 1.81. The summed E-state index contributed by atoms with van der Waals surface area (Å²) in [6.07, 6.45) is 3.89. The van der Waals surface area contributed by atoms with Crippen LogP contribution in [0.1, 0.15) is 19.4 Å². The molecule has 0 saturated heterocycles. The van der Waals surface area contributed by atoms with Gasteiger partial charge in [0.15, 0.2) is 0 Å². The highest BCUT2D eigenvalue weighted by Gasteiger charge is 2.15. The first-order valence-electron chi connectivity index (χ1n) is 6.36. The number of anilines is 1. The van der Waals surface area contributed by atoms with Crippen LogP contribution in [0.25, 0.3) is 0 Å². The van der Waals surface area contributed by atoms with Crippen molar-refractivity contribution in [2.75, 3.05) is 4.72 Å². The fourth-order valence-corrected chi connectivity index (χ4v) is 2.77. The second-order valence-electron chi connectivity index (χ2n) is 4.92. The summed E-state index contributed by atoms with van der Waals surface area (Å²) in [6.45, 7) is 4.25. The number of nitrogens with one attached hydrogen (secondary N) is 1. The summed E-state index contributed by atoms with van der Waals surface area (Å²) in [4.78, 5) is 7.90. The molecule has 106 valence electrons. The molecule has 1 N–H and O–H groups in total. The van der Waals surface area contributed by atoms with E-state index < -0.39 is 10.0 Å². The monoisotopic (exact) mass is 291 g/mol. The second-order valence-corrected chi connectivity index (χ2v) is 6.60. The number of aromatic nitrogens is 2. The minimum atomic E-state index is -3.63. The number of rotatable bonds is 5. The molecule has 0 aliphatic heterocycles. The van der Waals surface area contributed by atoms with Crippen LogP contribution in [0, 0.1) is 5.92 Å². The molecular formula is C14H17N3O2S. The van der Waals surface area contributed by atoms with E-state index in [0.717, 1.165) is 12.0 Å². The second kappa shape index (κ2) is 6.00. The van der Waals surface area contributed by atoms with Crippen LogP contribution >= 0.6 is 0 Å². The van der Waals surface area contributed by atoms with Crippen molar-refractivity contribution in [1.29, 1.82) is 0 Å². The Hall–Kier alpha value is -1.95. The summed E-state index contributed by atoms with van der Waals surface area (Å²) < 4.78 is 26.6. The quantitative estimate of drug-likeness (QED) is 0.918. The van der Waals surface area contributed by atoms with Crippen LogP contribution in [-0.2, 0) is 16.4 Å². The van der Waals surface area contributed by atoms with E-state index in [4.69, 9.17) is 0 Å². The molecule has 1 aromatic heterocycles. The number of hydrogen-bond donors (Lipinski definition) is 1. The predicted molar refractivity (Wildman–Crippen MR) is 77.8 cm³/mol. The van der Waals surface area contributed by atoms with Crippen LogP contribution in [0.3, 0.4) is 0 Å². The van der Waals surface area contributed by atoms with Gasteiger partial charge in [-0.05, 0) is 36.1 Å². The molecule has 0 bridgehead atoms. The topological polar surface area (TPSA) is 72.0 Å². The lowest BCUT2D eigenvalue weighted by Crippen LogP contribution is -2.14. The average molecular weight is 291 g/mol. The lowest BCUT2D eigenvalue weighted by molar-refractivity contribution is 0.600. The SMILES string of the molecule is CC(C)Cc1ccc(S(=O)(=O)Nc2ncccn2)cc1. The highest BCUT2D eigenvalue weighted by molar-refractivity contribution is 7.92. The Morgan fingerprint density at radius 3 is 2.25 bits per heavy atom. The van der Waals surface area contributed by atoms with E-state index in [9.17, 15) is 8.42 Å². The van der Waals surface area contributed by atoms with Gasteiger partial charge in [0.25, 0.3) is 10.0 Å². The zero-order valence-corrected chi connectivity index (χ0v) is 12.3. The summed E-state index contributed by atoms with van der Waals surface area (Å²) >= 11 is 0. The van der Waals surface area contributed by atoms with Gasteiger partial charge < -0.3 is 0 Å². The zero-order chi connectivity index (χ0) is 14.6. The molecule has 0 aliphatic rings. The van der Waals surface area contributed by atoms with Crippen molar-refractivity contribution in [3.63, 3.8) is 0 Å². The molecule has 6 heteroatoms. The molecule has 0 amide bonds. The summed E-state index contributed by atoms with van der Waals surface area (Å²) in [5.74, 6) is 0.604. The number of hydrogen-bond acceptors (Lipinski definition) is 4. The van der Waals surface area contributed by atoms with Gasteiger partial charge in [0.05, 0.1) is 4.90 Å². The van der Waals surface area contributed by atoms with Gasteiger partial charge in [0.2, 0.25) is 5.95 Å². The molecule has 20 heavy (non-hydrogen) atoms. The van der Waals surface area contributed by atoms with E-state index in [1.165, 1.54) is 12.4 Å². The van der Waals surface area contributed by atoms with Crippen molar-refractivity contribution < 1.29 is 8.42 Å². The van der Waals surface area contributed by atoms with Gasteiger partial charge in [0, 0.05) is 12.4 Å². The summed E-state index contributed by atoms with van der Waals surface area (Å²) in [5.41, 5.74) is 1.12. The normalized spacial score (nSPS) is 11.6. The molecule has 0 unspecified atom stereocenters. The number of nitrogens with zero attached hydrogens (tertiary/aromatic N) is 2. The standard InChI is InChI=1S/C14H17N3O2S/c1-11(2)10-12-4-6-13(7-5-12)20(18,19)17-14-15-8-3-9-16-14/h3-9,11H,10H2,1-2H3,(H,15,16,17). The highest BCUT2D eigenvalue weighted by atomic mass is 32.2. The Morgan fingerprint density at radius 1 is 1.10 bits per heavy atom. The molecule has 1 heterocycles. The van der Waals surface area contributed by atoms with Crippen LogP contribution < -0.4 is 4.72 Å². The van der Waals surface area contributed by atoms with Gasteiger partial charge in [-0.3, -0.25) is 0 Å². The first-order chi connectivity index (χ1) is 9.47. The van der Waals surface area contributed by atoms with Crippen LogP contribution in [0.5, 0.6) is 0 Å². The third-order valence-electron chi connectivity index (χ3n) is 2.67. The molecule has 0 spiro atoms. The third kappa shape index (κ3) is 3.77. The van der Waals surface area contributed by atoms with Gasteiger partial charge >= 0.3 is 0 Å². The van der Waals surface area contributed by atoms with Crippen molar-refractivity contribution in [3.05, 3.63) is 48.3 Å². The van der Waals surface area contributed by atoms with Gasteiger partial charge in [-0.1, -0.05) is 26.0 Å². The Kier molecular flexibility index (Phi) is 4.34. The van der Waals surface area contributed by atoms with E-state index in [-0.39, 0.29) is 10.8 Å². The summed E-state index contributed by atoms with van der Waals surface area (Å²) in [7, 11) is -3.63. The van der Waals surface area contributed by atoms with Crippen LogP contribution in [0.4, 0.5) is 5.95 Å². The minimum absolute atomic E-state index is 0.0683. The maximum atomic E-state index is 12.1. The summed E-state index contributed by atoms with van der Waals surface area (Å²) in [6, 6.07) is 8.49.